The molecule has 1 aliphatic carbocycles. The van der Waals surface area contributed by atoms with Crippen LogP contribution in [0.25, 0.3) is 0 Å². The van der Waals surface area contributed by atoms with Crippen LogP contribution < -0.4 is 4.72 Å². The van der Waals surface area contributed by atoms with Crippen LogP contribution in [-0.2, 0) is 14.8 Å². The van der Waals surface area contributed by atoms with Gasteiger partial charge in [0.25, 0.3) is 5.91 Å². The number of carboxylic acids is 1. The summed E-state index contributed by atoms with van der Waals surface area (Å²) in [7, 11) is -3.67. The van der Waals surface area contributed by atoms with Gasteiger partial charge < -0.3 is 10.0 Å². The standard InChI is InChI=1S/C17H22N2O5S/c1-11-5-8-13(25(23,24)18-12-6-7-12)10-14(11)16(20)19-9-3-2-4-15(19)17(21)22/h5,8,10,12,15,18H,2-4,6-7,9H2,1H3,(H,21,22)/t15-/m1/s1. The molecule has 3 rings (SSSR count). The normalized spacial score (nSPS) is 21.2. The largest absolute Gasteiger partial charge is 0.480 e. The molecular weight excluding hydrogens is 344 g/mol. The van der Waals surface area contributed by atoms with Crippen LogP contribution in [0.1, 0.15) is 48.0 Å². The highest BCUT2D eigenvalue weighted by Gasteiger charge is 2.34. The summed E-state index contributed by atoms with van der Waals surface area (Å²) in [6.07, 6.45) is 3.58. The van der Waals surface area contributed by atoms with E-state index < -0.39 is 27.9 Å². The van der Waals surface area contributed by atoms with Gasteiger partial charge in [-0.25, -0.2) is 17.9 Å². The monoisotopic (exact) mass is 366 g/mol. The first kappa shape index (κ1) is 17.9. The Morgan fingerprint density at radius 2 is 1.92 bits per heavy atom. The van der Waals surface area contributed by atoms with Crippen LogP contribution in [0, 0.1) is 6.92 Å². The van der Waals surface area contributed by atoms with Gasteiger partial charge in [0.1, 0.15) is 6.04 Å². The van der Waals surface area contributed by atoms with Crippen LogP contribution in [0.5, 0.6) is 0 Å². The summed E-state index contributed by atoms with van der Waals surface area (Å²) in [6.45, 7) is 2.09. The Hall–Kier alpha value is -1.93. The maximum Gasteiger partial charge on any atom is 0.326 e. The van der Waals surface area contributed by atoms with E-state index in [1.54, 1.807) is 13.0 Å². The van der Waals surface area contributed by atoms with E-state index in [0.29, 0.717) is 18.5 Å². The molecule has 1 aromatic rings. The Morgan fingerprint density at radius 1 is 1.20 bits per heavy atom. The van der Waals surface area contributed by atoms with E-state index in [2.05, 4.69) is 4.72 Å². The number of aryl methyl sites for hydroxylation is 1. The van der Waals surface area contributed by atoms with E-state index in [4.69, 9.17) is 0 Å². The van der Waals surface area contributed by atoms with Crippen molar-refractivity contribution in [3.05, 3.63) is 29.3 Å². The second kappa shape index (κ2) is 6.76. The Morgan fingerprint density at radius 3 is 2.56 bits per heavy atom. The highest BCUT2D eigenvalue weighted by molar-refractivity contribution is 7.89. The average molecular weight is 366 g/mol. The quantitative estimate of drug-likeness (QED) is 0.822. The van der Waals surface area contributed by atoms with E-state index in [1.165, 1.54) is 17.0 Å². The number of nitrogens with zero attached hydrogens (tertiary/aromatic N) is 1. The minimum atomic E-state index is -3.67. The van der Waals surface area contributed by atoms with E-state index in [-0.39, 0.29) is 16.5 Å². The second-order valence-corrected chi connectivity index (χ2v) is 8.43. The predicted octanol–water partition coefficient (Wildman–Crippen LogP) is 1.52. The molecule has 2 N–H and O–H groups in total. The van der Waals surface area contributed by atoms with E-state index in [1.807, 2.05) is 0 Å². The van der Waals surface area contributed by atoms with Crippen LogP contribution in [0.4, 0.5) is 0 Å². The number of hydrogen-bond acceptors (Lipinski definition) is 4. The van der Waals surface area contributed by atoms with Gasteiger partial charge in [0.15, 0.2) is 0 Å². The number of carbonyl (C=O) groups is 2. The molecule has 1 heterocycles. The SMILES string of the molecule is Cc1ccc(S(=O)(=O)NC2CC2)cc1C(=O)N1CCCC[C@@H]1C(=O)O. The molecule has 1 aliphatic heterocycles. The van der Waals surface area contributed by atoms with Crippen molar-refractivity contribution < 1.29 is 23.1 Å². The van der Waals surface area contributed by atoms with Crippen molar-refractivity contribution in [2.75, 3.05) is 6.54 Å². The van der Waals surface area contributed by atoms with Gasteiger partial charge in [-0.2, -0.15) is 0 Å². The third kappa shape index (κ3) is 3.85. The number of nitrogens with one attached hydrogen (secondary N) is 1. The number of amides is 1. The van der Waals surface area contributed by atoms with Gasteiger partial charge in [0, 0.05) is 18.2 Å². The zero-order valence-electron chi connectivity index (χ0n) is 14.1. The number of rotatable bonds is 5. The van der Waals surface area contributed by atoms with Gasteiger partial charge in [0.05, 0.1) is 4.90 Å². The van der Waals surface area contributed by atoms with Crippen LogP contribution >= 0.6 is 0 Å². The average Bonchev–Trinajstić information content (AvgIpc) is 3.37. The minimum Gasteiger partial charge on any atom is -0.480 e. The topological polar surface area (TPSA) is 104 Å². The lowest BCUT2D eigenvalue weighted by Gasteiger charge is -2.33. The Labute approximate surface area is 147 Å². The summed E-state index contributed by atoms with van der Waals surface area (Å²) in [6, 6.07) is 3.54. The summed E-state index contributed by atoms with van der Waals surface area (Å²) in [5.41, 5.74) is 0.872. The third-order valence-corrected chi connectivity index (χ3v) is 6.22. The van der Waals surface area contributed by atoms with Crippen molar-refractivity contribution in [1.82, 2.24) is 9.62 Å². The van der Waals surface area contributed by atoms with Crippen molar-refractivity contribution in [2.24, 2.45) is 0 Å². The lowest BCUT2D eigenvalue weighted by Crippen LogP contribution is -2.48. The van der Waals surface area contributed by atoms with E-state index >= 15 is 0 Å². The Balaban J connectivity index is 1.91. The molecule has 7 nitrogen and oxygen atoms in total. The molecule has 0 unspecified atom stereocenters. The van der Waals surface area contributed by atoms with Gasteiger partial charge in [-0.1, -0.05) is 6.07 Å². The number of hydrogen-bond donors (Lipinski definition) is 2. The first-order chi connectivity index (χ1) is 11.8. The van der Waals surface area contributed by atoms with Gasteiger partial charge in [-0.15, -0.1) is 0 Å². The van der Waals surface area contributed by atoms with Crippen molar-refractivity contribution in [3.63, 3.8) is 0 Å². The first-order valence-electron chi connectivity index (χ1n) is 8.46. The van der Waals surface area contributed by atoms with Crippen LogP contribution in [0.15, 0.2) is 23.1 Å². The number of benzene rings is 1. The lowest BCUT2D eigenvalue weighted by molar-refractivity contribution is -0.143. The van der Waals surface area contributed by atoms with Crippen molar-refractivity contribution in [3.8, 4) is 0 Å². The van der Waals surface area contributed by atoms with Crippen LogP contribution in [0.2, 0.25) is 0 Å². The van der Waals surface area contributed by atoms with E-state index in [0.717, 1.165) is 25.7 Å². The fourth-order valence-corrected chi connectivity index (χ4v) is 4.40. The van der Waals surface area contributed by atoms with E-state index in [9.17, 15) is 23.1 Å². The maximum atomic E-state index is 12.9. The number of carbonyl (C=O) groups excluding carboxylic acids is 1. The molecule has 1 saturated heterocycles. The predicted molar refractivity (Wildman–Crippen MR) is 90.8 cm³/mol. The van der Waals surface area contributed by atoms with Gasteiger partial charge in [-0.05, 0) is 56.7 Å². The molecule has 0 bridgehead atoms. The summed E-state index contributed by atoms with van der Waals surface area (Å²) in [4.78, 5) is 25.7. The number of piperidine rings is 1. The summed E-state index contributed by atoms with van der Waals surface area (Å²) in [5.74, 6) is -1.45. The highest BCUT2D eigenvalue weighted by atomic mass is 32.2. The number of sulfonamides is 1. The Bertz CT molecular complexity index is 801. The molecule has 0 spiro atoms. The molecule has 8 heteroatoms. The van der Waals surface area contributed by atoms with Crippen LogP contribution in [0.3, 0.4) is 0 Å². The molecule has 1 amide bonds. The molecule has 1 aromatic carbocycles. The van der Waals surface area contributed by atoms with Crippen molar-refractivity contribution >= 4 is 21.9 Å². The molecule has 25 heavy (non-hydrogen) atoms. The molecular formula is C17H22N2O5S. The fourth-order valence-electron chi connectivity index (χ4n) is 3.07. The summed E-state index contributed by atoms with van der Waals surface area (Å²) >= 11 is 0. The zero-order chi connectivity index (χ0) is 18.2. The van der Waals surface area contributed by atoms with Crippen molar-refractivity contribution in [2.45, 2.75) is 56.0 Å². The third-order valence-electron chi connectivity index (χ3n) is 4.70. The number of aliphatic carboxylic acids is 1. The second-order valence-electron chi connectivity index (χ2n) is 6.72. The van der Waals surface area contributed by atoms with Gasteiger partial charge >= 0.3 is 5.97 Å². The molecule has 1 atom stereocenters. The molecule has 0 aromatic heterocycles. The lowest BCUT2D eigenvalue weighted by atomic mass is 9.99. The van der Waals surface area contributed by atoms with Gasteiger partial charge in [-0.3, -0.25) is 4.79 Å². The van der Waals surface area contributed by atoms with Crippen molar-refractivity contribution in [1.29, 1.82) is 0 Å². The molecule has 2 aliphatic rings. The molecule has 136 valence electrons. The number of carboxylic acid groups (broad SMARTS) is 1. The summed E-state index contributed by atoms with van der Waals surface area (Å²) in [5, 5.41) is 9.36. The smallest absolute Gasteiger partial charge is 0.326 e. The highest BCUT2D eigenvalue weighted by Crippen LogP contribution is 2.25. The fraction of sp³-hybridized carbons (Fsp3) is 0.529. The molecule has 0 radical (unpaired) electrons. The maximum absolute atomic E-state index is 12.9. The summed E-state index contributed by atoms with van der Waals surface area (Å²) < 4.78 is 27.4. The first-order valence-corrected chi connectivity index (χ1v) is 9.94. The number of likely N-dealkylation sites (tertiary alicyclic amines) is 1. The van der Waals surface area contributed by atoms with Gasteiger partial charge in [0.2, 0.25) is 10.0 Å². The minimum absolute atomic E-state index is 0.0241. The Kier molecular flexibility index (Phi) is 4.83. The zero-order valence-corrected chi connectivity index (χ0v) is 14.9. The molecule has 2 fully saturated rings. The van der Waals surface area contributed by atoms with Crippen LogP contribution in [-0.4, -0.2) is 48.9 Å². The molecule has 1 saturated carbocycles.